The molecule has 0 bridgehead atoms. The van der Waals surface area contributed by atoms with Gasteiger partial charge in [-0.2, -0.15) is 0 Å². The third-order valence-electron chi connectivity index (χ3n) is 4.19. The summed E-state index contributed by atoms with van der Waals surface area (Å²) in [5.41, 5.74) is 7.19. The monoisotopic (exact) mass is 244 g/mol. The highest BCUT2D eigenvalue weighted by Crippen LogP contribution is 2.41. The summed E-state index contributed by atoms with van der Waals surface area (Å²) in [7, 11) is 0. The molecule has 0 aromatic heterocycles. The van der Waals surface area contributed by atoms with E-state index in [4.69, 9.17) is 5.73 Å². The predicted octanol–water partition coefficient (Wildman–Crippen LogP) is 1.79. The highest BCUT2D eigenvalue weighted by molar-refractivity contribution is 5.79. The van der Waals surface area contributed by atoms with Gasteiger partial charge in [-0.3, -0.25) is 4.79 Å². The van der Waals surface area contributed by atoms with Gasteiger partial charge in [0.2, 0.25) is 5.91 Å². The first kappa shape index (κ1) is 11.7. The minimum absolute atomic E-state index is 0.150. The molecule has 0 saturated heterocycles. The van der Waals surface area contributed by atoms with Crippen LogP contribution < -0.4 is 11.1 Å². The number of nitrogens with two attached hydrogens (primary N) is 1. The van der Waals surface area contributed by atoms with Crippen LogP contribution in [0.1, 0.15) is 37.2 Å². The summed E-state index contributed by atoms with van der Waals surface area (Å²) in [6, 6.07) is 11.0. The number of amides is 1. The van der Waals surface area contributed by atoms with Crippen LogP contribution in [0.3, 0.4) is 0 Å². The Morgan fingerprint density at radius 1 is 1.17 bits per heavy atom. The lowest BCUT2D eigenvalue weighted by Gasteiger charge is -2.10. The normalized spacial score (nSPS) is 34.3. The van der Waals surface area contributed by atoms with E-state index in [0.29, 0.717) is 12.0 Å². The molecular weight excluding hydrogens is 224 g/mol. The van der Waals surface area contributed by atoms with Gasteiger partial charge in [0.15, 0.2) is 0 Å². The Balaban J connectivity index is 1.52. The van der Waals surface area contributed by atoms with E-state index >= 15 is 0 Å². The van der Waals surface area contributed by atoms with Gasteiger partial charge in [-0.25, -0.2) is 0 Å². The molecule has 2 fully saturated rings. The van der Waals surface area contributed by atoms with Gasteiger partial charge in [-0.15, -0.1) is 0 Å². The van der Waals surface area contributed by atoms with Crippen molar-refractivity contribution in [2.45, 2.75) is 43.7 Å². The number of rotatable bonds is 3. The van der Waals surface area contributed by atoms with Crippen LogP contribution in [-0.4, -0.2) is 18.0 Å². The first-order chi connectivity index (χ1) is 8.74. The molecule has 1 aromatic rings. The number of hydrogen-bond acceptors (Lipinski definition) is 2. The summed E-state index contributed by atoms with van der Waals surface area (Å²) in [5, 5.41) is 3.17. The van der Waals surface area contributed by atoms with E-state index in [9.17, 15) is 4.79 Å². The van der Waals surface area contributed by atoms with E-state index in [0.717, 1.165) is 25.7 Å². The van der Waals surface area contributed by atoms with Crippen LogP contribution in [0.15, 0.2) is 30.3 Å². The van der Waals surface area contributed by atoms with Crippen molar-refractivity contribution in [1.82, 2.24) is 5.32 Å². The molecule has 0 radical (unpaired) electrons. The summed E-state index contributed by atoms with van der Waals surface area (Å²) < 4.78 is 0. The maximum atomic E-state index is 12.1. The molecule has 3 heteroatoms. The Bertz CT molecular complexity index is 431. The zero-order valence-electron chi connectivity index (χ0n) is 10.5. The number of carbonyl (C=O) groups is 1. The molecule has 1 aromatic carbocycles. The fourth-order valence-corrected chi connectivity index (χ4v) is 2.98. The molecule has 18 heavy (non-hydrogen) atoms. The third-order valence-corrected chi connectivity index (χ3v) is 4.19. The fourth-order valence-electron chi connectivity index (χ4n) is 2.98. The third kappa shape index (κ3) is 2.41. The van der Waals surface area contributed by atoms with Crippen LogP contribution >= 0.6 is 0 Å². The average molecular weight is 244 g/mol. The van der Waals surface area contributed by atoms with Crippen molar-refractivity contribution in [3.05, 3.63) is 35.9 Å². The summed E-state index contributed by atoms with van der Waals surface area (Å²) >= 11 is 0. The first-order valence-electron chi connectivity index (χ1n) is 6.85. The number of benzene rings is 1. The lowest BCUT2D eigenvalue weighted by Crippen LogP contribution is -2.32. The van der Waals surface area contributed by atoms with Crippen LogP contribution in [0.5, 0.6) is 0 Å². The van der Waals surface area contributed by atoms with Crippen molar-refractivity contribution >= 4 is 5.91 Å². The Morgan fingerprint density at radius 2 is 1.94 bits per heavy atom. The van der Waals surface area contributed by atoms with Gasteiger partial charge in [0.05, 0.1) is 0 Å². The molecule has 0 heterocycles. The standard InChI is InChI=1S/C15H20N2O/c16-12-7-6-11(8-12)15(18)17-14-9-13(14)10-4-2-1-3-5-10/h1-5,11-14H,6-9,16H2,(H,17,18). The van der Waals surface area contributed by atoms with Crippen molar-refractivity contribution in [2.24, 2.45) is 11.7 Å². The molecule has 0 aliphatic heterocycles. The summed E-state index contributed by atoms with van der Waals surface area (Å²) in [5.74, 6) is 0.883. The lowest BCUT2D eigenvalue weighted by molar-refractivity contribution is -0.125. The van der Waals surface area contributed by atoms with E-state index < -0.39 is 0 Å². The maximum absolute atomic E-state index is 12.1. The lowest BCUT2D eigenvalue weighted by atomic mass is 10.1. The van der Waals surface area contributed by atoms with Gasteiger partial charge in [-0.1, -0.05) is 30.3 Å². The van der Waals surface area contributed by atoms with E-state index in [1.807, 2.05) is 6.07 Å². The predicted molar refractivity (Wildman–Crippen MR) is 71.0 cm³/mol. The van der Waals surface area contributed by atoms with Crippen molar-refractivity contribution in [1.29, 1.82) is 0 Å². The quantitative estimate of drug-likeness (QED) is 0.851. The van der Waals surface area contributed by atoms with E-state index in [-0.39, 0.29) is 17.9 Å². The highest BCUT2D eigenvalue weighted by atomic mass is 16.2. The van der Waals surface area contributed by atoms with E-state index in [1.165, 1.54) is 5.56 Å². The Morgan fingerprint density at radius 3 is 2.61 bits per heavy atom. The molecule has 2 saturated carbocycles. The van der Waals surface area contributed by atoms with Gasteiger partial charge in [0.1, 0.15) is 0 Å². The Kier molecular flexibility index (Phi) is 3.08. The Hall–Kier alpha value is -1.35. The van der Waals surface area contributed by atoms with Crippen molar-refractivity contribution in [3.8, 4) is 0 Å². The van der Waals surface area contributed by atoms with Gasteiger partial charge in [0, 0.05) is 23.9 Å². The molecule has 4 unspecified atom stereocenters. The van der Waals surface area contributed by atoms with Crippen LogP contribution in [0.25, 0.3) is 0 Å². The average Bonchev–Trinajstić information content (AvgIpc) is 3.01. The minimum Gasteiger partial charge on any atom is -0.352 e. The second-order valence-electron chi connectivity index (χ2n) is 5.64. The number of hydrogen-bond donors (Lipinski definition) is 2. The van der Waals surface area contributed by atoms with Gasteiger partial charge < -0.3 is 11.1 Å². The van der Waals surface area contributed by atoms with E-state index in [1.54, 1.807) is 0 Å². The molecule has 4 atom stereocenters. The highest BCUT2D eigenvalue weighted by Gasteiger charge is 2.41. The van der Waals surface area contributed by atoms with Gasteiger partial charge >= 0.3 is 0 Å². The molecule has 2 aliphatic carbocycles. The molecule has 3 nitrogen and oxygen atoms in total. The SMILES string of the molecule is NC1CCC(C(=O)NC2CC2c2ccccc2)C1. The molecular formula is C15H20N2O. The summed E-state index contributed by atoms with van der Waals surface area (Å²) in [4.78, 5) is 12.1. The number of nitrogens with one attached hydrogen (secondary N) is 1. The zero-order chi connectivity index (χ0) is 12.5. The van der Waals surface area contributed by atoms with Crippen molar-refractivity contribution < 1.29 is 4.79 Å². The van der Waals surface area contributed by atoms with E-state index in [2.05, 4.69) is 29.6 Å². The molecule has 1 amide bonds. The van der Waals surface area contributed by atoms with Crippen LogP contribution in [0.2, 0.25) is 0 Å². The molecule has 2 aliphatic rings. The van der Waals surface area contributed by atoms with Crippen LogP contribution in [0.4, 0.5) is 0 Å². The molecule has 3 rings (SSSR count). The second kappa shape index (κ2) is 4.73. The van der Waals surface area contributed by atoms with Crippen molar-refractivity contribution in [3.63, 3.8) is 0 Å². The largest absolute Gasteiger partial charge is 0.352 e. The Labute approximate surface area is 108 Å². The topological polar surface area (TPSA) is 55.1 Å². The summed E-state index contributed by atoms with van der Waals surface area (Å²) in [6.07, 6.45) is 3.88. The number of carbonyl (C=O) groups excluding carboxylic acids is 1. The summed E-state index contributed by atoms with van der Waals surface area (Å²) in [6.45, 7) is 0. The molecule has 3 N–H and O–H groups in total. The minimum atomic E-state index is 0.150. The molecule has 0 spiro atoms. The smallest absolute Gasteiger partial charge is 0.223 e. The first-order valence-corrected chi connectivity index (χ1v) is 6.85. The van der Waals surface area contributed by atoms with Crippen molar-refractivity contribution in [2.75, 3.05) is 0 Å². The van der Waals surface area contributed by atoms with Crippen LogP contribution in [-0.2, 0) is 4.79 Å². The maximum Gasteiger partial charge on any atom is 0.223 e. The van der Waals surface area contributed by atoms with Crippen LogP contribution in [0, 0.1) is 5.92 Å². The zero-order valence-corrected chi connectivity index (χ0v) is 10.5. The fraction of sp³-hybridized carbons (Fsp3) is 0.533. The second-order valence-corrected chi connectivity index (χ2v) is 5.64. The molecule has 96 valence electrons. The van der Waals surface area contributed by atoms with Gasteiger partial charge in [-0.05, 0) is 31.2 Å². The van der Waals surface area contributed by atoms with Gasteiger partial charge in [0.25, 0.3) is 0 Å².